The normalized spacial score (nSPS) is 18.1. The van der Waals surface area contributed by atoms with E-state index in [1.54, 1.807) is 12.1 Å². The maximum atomic E-state index is 12.0. The molecule has 2 amide bonds. The van der Waals surface area contributed by atoms with E-state index in [9.17, 15) is 4.79 Å². The fraction of sp³-hybridized carbons (Fsp3) is 0.533. The van der Waals surface area contributed by atoms with E-state index in [0.29, 0.717) is 24.2 Å². The Labute approximate surface area is 130 Å². The Morgan fingerprint density at radius 2 is 2.14 bits per heavy atom. The largest absolute Gasteiger partial charge is 0.492 e. The van der Waals surface area contributed by atoms with Crippen LogP contribution in [0.5, 0.6) is 5.75 Å². The molecular weight excluding hydrogens is 290 g/mol. The summed E-state index contributed by atoms with van der Waals surface area (Å²) in [5, 5.41) is 3.56. The van der Waals surface area contributed by atoms with Gasteiger partial charge in [0, 0.05) is 24.2 Å². The SMILES string of the molecule is CN(C)[C@H]1CCN(C(=O)NCCOc2ccc(Cl)cc2)C1. The molecule has 0 bridgehead atoms. The van der Waals surface area contributed by atoms with Gasteiger partial charge in [-0.2, -0.15) is 0 Å². The van der Waals surface area contributed by atoms with Crippen LogP contribution in [-0.4, -0.2) is 62.2 Å². The molecule has 0 radical (unpaired) electrons. The molecule has 0 aromatic heterocycles. The van der Waals surface area contributed by atoms with Gasteiger partial charge in [-0.3, -0.25) is 0 Å². The van der Waals surface area contributed by atoms with Crippen molar-refractivity contribution < 1.29 is 9.53 Å². The molecule has 116 valence electrons. The quantitative estimate of drug-likeness (QED) is 0.847. The molecule has 1 fully saturated rings. The number of nitrogens with one attached hydrogen (secondary N) is 1. The Bertz CT molecular complexity index is 464. The highest BCUT2D eigenvalue weighted by Gasteiger charge is 2.26. The van der Waals surface area contributed by atoms with Gasteiger partial charge in [0.05, 0.1) is 6.54 Å². The highest BCUT2D eigenvalue weighted by Crippen LogP contribution is 2.15. The molecule has 1 aliphatic rings. The first-order chi connectivity index (χ1) is 10.1. The molecule has 1 atom stereocenters. The second-order valence-corrected chi connectivity index (χ2v) is 5.82. The van der Waals surface area contributed by atoms with Crippen molar-refractivity contribution in [1.82, 2.24) is 15.1 Å². The van der Waals surface area contributed by atoms with E-state index < -0.39 is 0 Å². The Morgan fingerprint density at radius 1 is 1.43 bits per heavy atom. The second-order valence-electron chi connectivity index (χ2n) is 5.39. The Hall–Kier alpha value is -1.46. The predicted octanol–water partition coefficient (Wildman–Crippen LogP) is 2.06. The molecule has 2 rings (SSSR count). The van der Waals surface area contributed by atoms with Gasteiger partial charge < -0.3 is 19.9 Å². The highest BCUT2D eigenvalue weighted by atomic mass is 35.5. The van der Waals surface area contributed by atoms with E-state index >= 15 is 0 Å². The van der Waals surface area contributed by atoms with Crippen LogP contribution in [0.15, 0.2) is 24.3 Å². The first-order valence-electron chi connectivity index (χ1n) is 7.14. The van der Waals surface area contributed by atoms with Crippen molar-refractivity contribution >= 4 is 17.6 Å². The zero-order valence-electron chi connectivity index (χ0n) is 12.5. The summed E-state index contributed by atoms with van der Waals surface area (Å²) in [6, 6.07) is 7.63. The lowest BCUT2D eigenvalue weighted by molar-refractivity contribution is 0.200. The molecular formula is C15H22ClN3O2. The van der Waals surface area contributed by atoms with E-state index in [-0.39, 0.29) is 6.03 Å². The Morgan fingerprint density at radius 3 is 2.76 bits per heavy atom. The lowest BCUT2D eigenvalue weighted by Crippen LogP contribution is -2.41. The molecule has 0 aliphatic carbocycles. The smallest absolute Gasteiger partial charge is 0.317 e. The van der Waals surface area contributed by atoms with Crippen molar-refractivity contribution in [1.29, 1.82) is 0 Å². The molecule has 1 aromatic carbocycles. The molecule has 1 aliphatic heterocycles. The zero-order valence-corrected chi connectivity index (χ0v) is 13.3. The standard InChI is InChI=1S/C15H22ClN3O2/c1-18(2)13-7-9-19(11-13)15(20)17-8-10-21-14-5-3-12(16)4-6-14/h3-6,13H,7-11H2,1-2H3,(H,17,20)/t13-/m0/s1. The van der Waals surface area contributed by atoms with Gasteiger partial charge in [0.1, 0.15) is 12.4 Å². The fourth-order valence-corrected chi connectivity index (χ4v) is 2.44. The van der Waals surface area contributed by atoms with Gasteiger partial charge in [0.2, 0.25) is 0 Å². The molecule has 5 nitrogen and oxygen atoms in total. The van der Waals surface area contributed by atoms with Gasteiger partial charge >= 0.3 is 6.03 Å². The summed E-state index contributed by atoms with van der Waals surface area (Å²) in [5.41, 5.74) is 0. The van der Waals surface area contributed by atoms with E-state index in [4.69, 9.17) is 16.3 Å². The third kappa shape index (κ3) is 4.79. The van der Waals surface area contributed by atoms with Gasteiger partial charge in [-0.15, -0.1) is 0 Å². The molecule has 1 N–H and O–H groups in total. The number of likely N-dealkylation sites (tertiary alicyclic amines) is 1. The van der Waals surface area contributed by atoms with E-state index in [1.165, 1.54) is 0 Å². The Kier molecular flexibility index (Phi) is 5.70. The van der Waals surface area contributed by atoms with Crippen LogP contribution in [0.2, 0.25) is 5.02 Å². The molecule has 6 heteroatoms. The van der Waals surface area contributed by atoms with Crippen LogP contribution in [0.3, 0.4) is 0 Å². The number of carbonyl (C=O) groups excluding carboxylic acids is 1. The summed E-state index contributed by atoms with van der Waals surface area (Å²) in [4.78, 5) is 16.0. The summed E-state index contributed by atoms with van der Waals surface area (Å²) >= 11 is 5.80. The van der Waals surface area contributed by atoms with Crippen LogP contribution in [0, 0.1) is 0 Å². The molecule has 1 heterocycles. The molecule has 1 aromatic rings. The van der Waals surface area contributed by atoms with E-state index in [1.807, 2.05) is 31.1 Å². The van der Waals surface area contributed by atoms with Crippen LogP contribution in [0.25, 0.3) is 0 Å². The third-order valence-electron chi connectivity index (χ3n) is 3.64. The van der Waals surface area contributed by atoms with Gasteiger partial charge in [0.15, 0.2) is 0 Å². The average Bonchev–Trinajstić information content (AvgIpc) is 2.95. The van der Waals surface area contributed by atoms with Crippen molar-refractivity contribution in [3.8, 4) is 5.75 Å². The minimum absolute atomic E-state index is 0.0148. The summed E-state index contributed by atoms with van der Waals surface area (Å²) in [7, 11) is 4.10. The number of amides is 2. The third-order valence-corrected chi connectivity index (χ3v) is 3.89. The minimum atomic E-state index is -0.0148. The maximum absolute atomic E-state index is 12.0. The number of urea groups is 1. The number of benzene rings is 1. The molecule has 0 spiro atoms. The fourth-order valence-electron chi connectivity index (χ4n) is 2.32. The molecule has 1 saturated heterocycles. The Balaban J connectivity index is 1.64. The van der Waals surface area contributed by atoms with Crippen LogP contribution in [-0.2, 0) is 0 Å². The summed E-state index contributed by atoms with van der Waals surface area (Å²) in [6.45, 7) is 2.53. The number of rotatable bonds is 5. The van der Waals surface area contributed by atoms with E-state index in [0.717, 1.165) is 25.3 Å². The maximum Gasteiger partial charge on any atom is 0.317 e. The number of nitrogens with zero attached hydrogens (tertiary/aromatic N) is 2. The van der Waals surface area contributed by atoms with Crippen LogP contribution in [0.1, 0.15) is 6.42 Å². The lowest BCUT2D eigenvalue weighted by atomic mass is 10.2. The van der Waals surface area contributed by atoms with Gasteiger partial charge in [-0.1, -0.05) is 11.6 Å². The van der Waals surface area contributed by atoms with Crippen molar-refractivity contribution in [2.75, 3.05) is 40.3 Å². The monoisotopic (exact) mass is 311 g/mol. The number of halogens is 1. The van der Waals surface area contributed by atoms with Crippen LogP contribution in [0.4, 0.5) is 4.79 Å². The lowest BCUT2D eigenvalue weighted by Gasteiger charge is -2.20. The number of carbonyl (C=O) groups is 1. The van der Waals surface area contributed by atoms with Crippen LogP contribution >= 0.6 is 11.6 Å². The molecule has 0 saturated carbocycles. The second kappa shape index (κ2) is 7.52. The number of hydrogen-bond donors (Lipinski definition) is 1. The van der Waals surface area contributed by atoms with Crippen molar-refractivity contribution in [3.63, 3.8) is 0 Å². The predicted molar refractivity (Wildman–Crippen MR) is 84.0 cm³/mol. The number of ether oxygens (including phenoxy) is 1. The van der Waals surface area contributed by atoms with Crippen molar-refractivity contribution in [2.24, 2.45) is 0 Å². The summed E-state index contributed by atoms with van der Waals surface area (Å²) < 4.78 is 5.53. The van der Waals surface area contributed by atoms with Gasteiger partial charge in [-0.25, -0.2) is 4.79 Å². The molecule has 0 unspecified atom stereocenters. The van der Waals surface area contributed by atoms with Crippen molar-refractivity contribution in [2.45, 2.75) is 12.5 Å². The highest BCUT2D eigenvalue weighted by molar-refractivity contribution is 6.30. The van der Waals surface area contributed by atoms with Crippen LogP contribution < -0.4 is 10.1 Å². The zero-order chi connectivity index (χ0) is 15.2. The number of likely N-dealkylation sites (N-methyl/N-ethyl adjacent to an activating group) is 1. The summed E-state index contributed by atoms with van der Waals surface area (Å²) in [6.07, 6.45) is 1.03. The number of hydrogen-bond acceptors (Lipinski definition) is 3. The van der Waals surface area contributed by atoms with Crippen molar-refractivity contribution in [3.05, 3.63) is 29.3 Å². The van der Waals surface area contributed by atoms with E-state index in [2.05, 4.69) is 10.2 Å². The van der Waals surface area contributed by atoms with Gasteiger partial charge in [-0.05, 0) is 44.8 Å². The summed E-state index contributed by atoms with van der Waals surface area (Å²) in [5.74, 6) is 0.752. The minimum Gasteiger partial charge on any atom is -0.492 e. The molecule has 21 heavy (non-hydrogen) atoms. The average molecular weight is 312 g/mol. The first kappa shape index (κ1) is 15.9. The van der Waals surface area contributed by atoms with Gasteiger partial charge in [0.25, 0.3) is 0 Å². The first-order valence-corrected chi connectivity index (χ1v) is 7.51. The topological polar surface area (TPSA) is 44.8 Å².